The first-order valence-corrected chi connectivity index (χ1v) is 10.0. The number of hydrogen-bond donors (Lipinski definition) is 1. The zero-order valence-corrected chi connectivity index (χ0v) is 17.1. The number of benzene rings is 1. The number of aromatic nitrogens is 4. The molecule has 8 nitrogen and oxygen atoms in total. The number of rotatable bonds is 4. The third-order valence-corrected chi connectivity index (χ3v) is 5.29. The van der Waals surface area contributed by atoms with Crippen molar-refractivity contribution in [2.45, 2.75) is 26.8 Å². The Bertz CT molecular complexity index is 1100. The zero-order valence-electron chi connectivity index (χ0n) is 16.4. The molecule has 0 bridgehead atoms. The van der Waals surface area contributed by atoms with E-state index in [-0.39, 0.29) is 18.1 Å². The molecule has 0 aliphatic carbocycles. The quantitative estimate of drug-likeness (QED) is 0.709. The van der Waals surface area contributed by atoms with Crippen molar-refractivity contribution in [2.24, 2.45) is 11.8 Å². The largest absolute Gasteiger partial charge is 0.353 e. The van der Waals surface area contributed by atoms with Gasteiger partial charge in [0.1, 0.15) is 6.54 Å². The van der Waals surface area contributed by atoms with Crippen LogP contribution >= 0.6 is 11.6 Å². The van der Waals surface area contributed by atoms with Crippen molar-refractivity contribution in [2.75, 3.05) is 23.3 Å². The van der Waals surface area contributed by atoms with E-state index in [1.54, 1.807) is 36.7 Å². The molecule has 4 rings (SSSR count). The lowest BCUT2D eigenvalue weighted by atomic mass is 9.92. The Balaban J connectivity index is 1.60. The van der Waals surface area contributed by atoms with E-state index in [0.29, 0.717) is 34.0 Å². The third kappa shape index (κ3) is 4.12. The Morgan fingerprint density at radius 3 is 2.76 bits per heavy atom. The van der Waals surface area contributed by atoms with Crippen molar-refractivity contribution in [1.29, 1.82) is 0 Å². The van der Waals surface area contributed by atoms with Crippen LogP contribution in [0, 0.1) is 11.8 Å². The van der Waals surface area contributed by atoms with Gasteiger partial charge in [0, 0.05) is 36.2 Å². The van der Waals surface area contributed by atoms with Gasteiger partial charge in [0.15, 0.2) is 5.82 Å². The summed E-state index contributed by atoms with van der Waals surface area (Å²) in [5, 5.41) is 7.67. The highest BCUT2D eigenvalue weighted by Crippen LogP contribution is 2.26. The topological polar surface area (TPSA) is 84.5 Å². The first-order chi connectivity index (χ1) is 13.9. The smallest absolute Gasteiger partial charge is 0.350 e. The van der Waals surface area contributed by atoms with Crippen molar-refractivity contribution in [1.82, 2.24) is 19.2 Å². The summed E-state index contributed by atoms with van der Waals surface area (Å²) >= 11 is 5.95. The molecule has 1 fully saturated rings. The van der Waals surface area contributed by atoms with Gasteiger partial charge in [-0.2, -0.15) is 0 Å². The molecule has 2 aromatic heterocycles. The summed E-state index contributed by atoms with van der Waals surface area (Å²) in [6.45, 7) is 5.97. The molecular weight excluding hydrogens is 392 g/mol. The maximum Gasteiger partial charge on any atom is 0.350 e. The predicted molar refractivity (Wildman–Crippen MR) is 112 cm³/mol. The molecule has 1 saturated heterocycles. The van der Waals surface area contributed by atoms with Gasteiger partial charge < -0.3 is 10.2 Å². The maximum absolute atomic E-state index is 12.8. The molecule has 3 aromatic rings. The summed E-state index contributed by atoms with van der Waals surface area (Å²) in [6.07, 6.45) is 4.35. The second-order valence-corrected chi connectivity index (χ2v) is 8.23. The fraction of sp³-hybridized carbons (Fsp3) is 0.400. The number of hydrogen-bond acceptors (Lipinski definition) is 5. The van der Waals surface area contributed by atoms with Gasteiger partial charge in [-0.3, -0.25) is 4.79 Å². The molecule has 1 N–H and O–H groups in total. The molecule has 0 spiro atoms. The molecule has 1 aromatic carbocycles. The van der Waals surface area contributed by atoms with E-state index in [1.807, 2.05) is 0 Å². The second kappa shape index (κ2) is 7.87. The molecule has 0 unspecified atom stereocenters. The lowest BCUT2D eigenvalue weighted by Crippen LogP contribution is -2.39. The zero-order chi connectivity index (χ0) is 20.5. The van der Waals surface area contributed by atoms with Crippen molar-refractivity contribution in [3.8, 4) is 0 Å². The molecule has 9 heteroatoms. The third-order valence-electron chi connectivity index (χ3n) is 5.05. The van der Waals surface area contributed by atoms with E-state index in [1.165, 1.54) is 10.8 Å². The minimum Gasteiger partial charge on any atom is -0.353 e. The first kappa shape index (κ1) is 19.4. The van der Waals surface area contributed by atoms with Crippen LogP contribution in [0.4, 0.5) is 11.5 Å². The van der Waals surface area contributed by atoms with E-state index in [0.717, 1.165) is 17.8 Å². The van der Waals surface area contributed by atoms with Crippen LogP contribution in [0.1, 0.15) is 20.3 Å². The SMILES string of the molecule is C[C@@H]1C[C@H](C)CN(c2nccn3c(=O)n(CC(=O)Nc4cccc(Cl)c4)nc23)C1. The Hall–Kier alpha value is -2.87. The standard InChI is InChI=1S/C20H23ClN6O2/c1-13-8-14(2)11-25(10-13)18-19-24-27(20(29)26(19)7-6-22-18)12-17(28)23-16-5-3-4-15(21)9-16/h3-7,9,13-14H,8,10-12H2,1-2H3,(H,23,28)/t13-,14+. The summed E-state index contributed by atoms with van der Waals surface area (Å²) in [7, 11) is 0. The molecular formula is C20H23ClN6O2. The Morgan fingerprint density at radius 2 is 2.03 bits per heavy atom. The number of nitrogens with zero attached hydrogens (tertiary/aromatic N) is 5. The first-order valence-electron chi connectivity index (χ1n) is 9.65. The van der Waals surface area contributed by atoms with Gasteiger partial charge in [0.2, 0.25) is 11.6 Å². The van der Waals surface area contributed by atoms with E-state index >= 15 is 0 Å². The number of carbonyl (C=O) groups is 1. The minimum absolute atomic E-state index is 0.195. The summed E-state index contributed by atoms with van der Waals surface area (Å²) < 4.78 is 2.61. The van der Waals surface area contributed by atoms with Gasteiger partial charge >= 0.3 is 5.69 Å². The van der Waals surface area contributed by atoms with E-state index in [9.17, 15) is 9.59 Å². The molecule has 3 heterocycles. The van der Waals surface area contributed by atoms with Crippen LogP contribution in [-0.4, -0.2) is 38.2 Å². The molecule has 0 radical (unpaired) electrons. The van der Waals surface area contributed by atoms with Crippen molar-refractivity contribution in [3.63, 3.8) is 0 Å². The van der Waals surface area contributed by atoms with Gasteiger partial charge in [0.25, 0.3) is 0 Å². The Labute approximate surface area is 173 Å². The number of nitrogens with one attached hydrogen (secondary N) is 1. The highest BCUT2D eigenvalue weighted by atomic mass is 35.5. The van der Waals surface area contributed by atoms with Crippen molar-refractivity contribution >= 4 is 34.7 Å². The maximum atomic E-state index is 12.8. The monoisotopic (exact) mass is 414 g/mol. The lowest BCUT2D eigenvalue weighted by Gasteiger charge is -2.35. The van der Waals surface area contributed by atoms with Crippen LogP contribution in [0.15, 0.2) is 41.5 Å². The van der Waals surface area contributed by atoms with Crippen LogP contribution < -0.4 is 15.9 Å². The molecule has 1 aliphatic heterocycles. The molecule has 2 atom stereocenters. The second-order valence-electron chi connectivity index (χ2n) is 7.79. The number of piperidine rings is 1. The van der Waals surface area contributed by atoms with Gasteiger partial charge in [-0.1, -0.05) is 31.5 Å². The molecule has 1 amide bonds. The van der Waals surface area contributed by atoms with Crippen LogP contribution in [0.2, 0.25) is 5.02 Å². The normalized spacial score (nSPS) is 19.5. The van der Waals surface area contributed by atoms with Gasteiger partial charge in [-0.25, -0.2) is 18.9 Å². The van der Waals surface area contributed by atoms with Crippen LogP contribution in [0.25, 0.3) is 5.65 Å². The molecule has 1 aliphatic rings. The number of amides is 1. The Morgan fingerprint density at radius 1 is 1.28 bits per heavy atom. The predicted octanol–water partition coefficient (Wildman–Crippen LogP) is 2.67. The molecule has 152 valence electrons. The summed E-state index contributed by atoms with van der Waals surface area (Å²) in [5.41, 5.74) is 0.662. The van der Waals surface area contributed by atoms with E-state index < -0.39 is 0 Å². The van der Waals surface area contributed by atoms with Crippen LogP contribution in [0.3, 0.4) is 0 Å². The van der Waals surface area contributed by atoms with Gasteiger partial charge in [-0.15, -0.1) is 5.10 Å². The summed E-state index contributed by atoms with van der Waals surface area (Å²) in [5.74, 6) is 1.40. The molecule has 0 saturated carbocycles. The average molecular weight is 415 g/mol. The van der Waals surface area contributed by atoms with Crippen molar-refractivity contribution in [3.05, 3.63) is 52.2 Å². The summed E-state index contributed by atoms with van der Waals surface area (Å²) in [6, 6.07) is 6.85. The van der Waals surface area contributed by atoms with Gasteiger partial charge in [-0.05, 0) is 36.5 Å². The molecule has 29 heavy (non-hydrogen) atoms. The van der Waals surface area contributed by atoms with Crippen LogP contribution in [-0.2, 0) is 11.3 Å². The fourth-order valence-corrected chi connectivity index (χ4v) is 4.19. The minimum atomic E-state index is -0.372. The fourth-order valence-electron chi connectivity index (χ4n) is 4.00. The Kier molecular flexibility index (Phi) is 5.27. The number of halogens is 1. The number of fused-ring (bicyclic) bond motifs is 1. The number of carbonyl (C=O) groups excluding carboxylic acids is 1. The lowest BCUT2D eigenvalue weighted by molar-refractivity contribution is -0.117. The van der Waals surface area contributed by atoms with E-state index in [4.69, 9.17) is 11.6 Å². The van der Waals surface area contributed by atoms with Crippen LogP contribution in [0.5, 0.6) is 0 Å². The highest BCUT2D eigenvalue weighted by molar-refractivity contribution is 6.30. The highest BCUT2D eigenvalue weighted by Gasteiger charge is 2.25. The average Bonchev–Trinajstić information content (AvgIpc) is 2.96. The van der Waals surface area contributed by atoms with Crippen molar-refractivity contribution < 1.29 is 4.79 Å². The number of anilines is 2. The van der Waals surface area contributed by atoms with Gasteiger partial charge in [0.05, 0.1) is 0 Å². The van der Waals surface area contributed by atoms with E-state index in [2.05, 4.69) is 34.1 Å². The summed E-state index contributed by atoms with van der Waals surface area (Å²) in [4.78, 5) is 31.8.